The molecule has 1 aromatic rings. The molecule has 0 bridgehead atoms. The molecule has 6 heteroatoms. The molecule has 0 fully saturated rings. The maximum absolute atomic E-state index is 12.2. The second-order valence-corrected chi connectivity index (χ2v) is 7.40. The zero-order valence-corrected chi connectivity index (χ0v) is 11.8. The van der Waals surface area contributed by atoms with Crippen LogP contribution in [-0.4, -0.2) is 42.0 Å². The Morgan fingerprint density at radius 3 is 2.29 bits per heavy atom. The van der Waals surface area contributed by atoms with Crippen molar-refractivity contribution in [2.24, 2.45) is 0 Å². The quantitative estimate of drug-likeness (QED) is 0.808. The third-order valence-corrected chi connectivity index (χ3v) is 5.45. The summed E-state index contributed by atoms with van der Waals surface area (Å²) >= 11 is 0. The monoisotopic (exact) mass is 275 g/mol. The van der Waals surface area contributed by atoms with Crippen molar-refractivity contribution in [2.75, 3.05) is 19.1 Å². The Kier molecular flexibility index (Phi) is 4.85. The van der Waals surface area contributed by atoms with E-state index in [1.807, 2.05) is 0 Å². The first kappa shape index (κ1) is 14.3. The van der Waals surface area contributed by atoms with Crippen LogP contribution in [0.4, 0.5) is 0 Å². The molecule has 0 radical (unpaired) electrons. The minimum Gasteiger partial charge on any atom is -0.260 e. The molecule has 1 aromatic carbocycles. The highest BCUT2D eigenvalue weighted by atomic mass is 32.2. The smallest absolute Gasteiger partial charge is 0.243 e. The average Bonchev–Trinajstić information content (AvgIpc) is 2.28. The van der Waals surface area contributed by atoms with E-state index in [2.05, 4.69) is 0 Å². The summed E-state index contributed by atoms with van der Waals surface area (Å²) in [6.45, 7) is 1.75. The molecule has 0 aliphatic carbocycles. The fourth-order valence-corrected chi connectivity index (χ4v) is 3.82. The lowest BCUT2D eigenvalue weighted by molar-refractivity contribution is 0.413. The van der Waals surface area contributed by atoms with Crippen molar-refractivity contribution in [1.29, 1.82) is 0 Å². The van der Waals surface area contributed by atoms with Crippen LogP contribution in [0.3, 0.4) is 0 Å². The molecule has 0 saturated heterocycles. The highest BCUT2D eigenvalue weighted by Gasteiger charge is 2.25. The second kappa shape index (κ2) is 5.75. The summed E-state index contributed by atoms with van der Waals surface area (Å²) in [5, 5.41) is 0. The van der Waals surface area contributed by atoms with Gasteiger partial charge >= 0.3 is 0 Å². The minimum atomic E-state index is -3.48. The molecular formula is C11H17NO3S2. The van der Waals surface area contributed by atoms with E-state index in [-0.39, 0.29) is 10.9 Å². The van der Waals surface area contributed by atoms with Crippen molar-refractivity contribution in [3.05, 3.63) is 30.3 Å². The van der Waals surface area contributed by atoms with Gasteiger partial charge in [-0.15, -0.1) is 0 Å². The molecule has 2 atom stereocenters. The predicted molar refractivity (Wildman–Crippen MR) is 69.8 cm³/mol. The Balaban J connectivity index is 2.95. The number of rotatable bonds is 5. The van der Waals surface area contributed by atoms with Crippen LogP contribution >= 0.6 is 0 Å². The van der Waals surface area contributed by atoms with Crippen LogP contribution in [0.5, 0.6) is 0 Å². The van der Waals surface area contributed by atoms with Gasteiger partial charge in [0.05, 0.1) is 4.90 Å². The van der Waals surface area contributed by atoms with Crippen molar-refractivity contribution in [1.82, 2.24) is 4.31 Å². The summed E-state index contributed by atoms with van der Waals surface area (Å²) in [6, 6.07) is 7.96. The molecule has 4 nitrogen and oxygen atoms in total. The van der Waals surface area contributed by atoms with E-state index >= 15 is 0 Å². The molecular weight excluding hydrogens is 258 g/mol. The zero-order valence-electron chi connectivity index (χ0n) is 10.2. The van der Waals surface area contributed by atoms with Gasteiger partial charge in [0.25, 0.3) is 0 Å². The molecule has 0 aliphatic rings. The second-order valence-electron chi connectivity index (χ2n) is 3.92. The molecule has 1 rings (SSSR count). The number of hydrogen-bond acceptors (Lipinski definition) is 3. The molecule has 0 aromatic heterocycles. The van der Waals surface area contributed by atoms with Crippen LogP contribution in [-0.2, 0) is 20.8 Å². The molecule has 0 aliphatic heterocycles. The summed E-state index contributed by atoms with van der Waals surface area (Å²) in [5.41, 5.74) is 0. The molecule has 0 unspecified atom stereocenters. The van der Waals surface area contributed by atoms with Gasteiger partial charge in [0.15, 0.2) is 0 Å². The van der Waals surface area contributed by atoms with Crippen LogP contribution in [0.25, 0.3) is 0 Å². The van der Waals surface area contributed by atoms with Gasteiger partial charge in [0.1, 0.15) is 0 Å². The first-order valence-electron chi connectivity index (χ1n) is 5.19. The summed E-state index contributed by atoms with van der Waals surface area (Å²) in [4.78, 5) is 0.260. The van der Waals surface area contributed by atoms with E-state index in [0.717, 1.165) is 0 Å². The van der Waals surface area contributed by atoms with Gasteiger partial charge in [0.2, 0.25) is 10.0 Å². The maximum Gasteiger partial charge on any atom is 0.243 e. The van der Waals surface area contributed by atoms with Crippen LogP contribution in [0, 0.1) is 0 Å². The Hall–Kier alpha value is -0.720. The summed E-state index contributed by atoms with van der Waals surface area (Å²) in [7, 11) is -2.98. The van der Waals surface area contributed by atoms with Gasteiger partial charge < -0.3 is 0 Å². The Morgan fingerprint density at radius 2 is 1.82 bits per heavy atom. The minimum absolute atomic E-state index is 0.260. The van der Waals surface area contributed by atoms with Crippen molar-refractivity contribution in [2.45, 2.75) is 17.9 Å². The summed E-state index contributed by atoms with van der Waals surface area (Å²) in [5.74, 6) is 0.336. The largest absolute Gasteiger partial charge is 0.260 e. The first-order valence-corrected chi connectivity index (χ1v) is 8.35. The van der Waals surface area contributed by atoms with Crippen molar-refractivity contribution < 1.29 is 12.6 Å². The van der Waals surface area contributed by atoms with E-state index in [1.165, 1.54) is 11.4 Å². The lowest BCUT2D eigenvalue weighted by Gasteiger charge is -2.23. The molecule has 0 saturated carbocycles. The van der Waals surface area contributed by atoms with E-state index in [4.69, 9.17) is 0 Å². The molecule has 17 heavy (non-hydrogen) atoms. The highest BCUT2D eigenvalue weighted by molar-refractivity contribution is 7.89. The number of benzene rings is 1. The van der Waals surface area contributed by atoms with Crippen molar-refractivity contribution in [3.63, 3.8) is 0 Å². The third kappa shape index (κ3) is 3.62. The SMILES string of the molecule is C[C@H](C[S@](C)=O)N(C)S(=O)(=O)c1ccccc1. The molecule has 0 N–H and O–H groups in total. The van der Waals surface area contributed by atoms with E-state index < -0.39 is 20.8 Å². The lowest BCUT2D eigenvalue weighted by atomic mass is 10.4. The normalized spacial score (nSPS) is 15.8. The van der Waals surface area contributed by atoms with Crippen LogP contribution in [0.1, 0.15) is 6.92 Å². The highest BCUT2D eigenvalue weighted by Crippen LogP contribution is 2.16. The summed E-state index contributed by atoms with van der Waals surface area (Å²) < 4.78 is 36.7. The van der Waals surface area contributed by atoms with E-state index in [0.29, 0.717) is 5.75 Å². The predicted octanol–water partition coefficient (Wildman–Crippen LogP) is 1.07. The summed E-state index contributed by atoms with van der Waals surface area (Å²) in [6.07, 6.45) is 1.57. The molecule has 0 heterocycles. The topological polar surface area (TPSA) is 54.5 Å². The number of hydrogen-bond donors (Lipinski definition) is 0. The third-order valence-electron chi connectivity index (χ3n) is 2.52. The Labute approximate surface area is 105 Å². The van der Waals surface area contributed by atoms with Gasteiger partial charge in [-0.2, -0.15) is 4.31 Å². The Bertz CT molecular complexity index is 485. The van der Waals surface area contributed by atoms with Gasteiger partial charge in [-0.1, -0.05) is 18.2 Å². The van der Waals surface area contributed by atoms with E-state index in [1.54, 1.807) is 43.5 Å². The number of nitrogens with zero attached hydrogens (tertiary/aromatic N) is 1. The lowest BCUT2D eigenvalue weighted by Crippen LogP contribution is -2.38. The van der Waals surface area contributed by atoms with Gasteiger partial charge in [-0.3, -0.25) is 4.21 Å². The van der Waals surface area contributed by atoms with Crippen molar-refractivity contribution >= 4 is 20.8 Å². The zero-order chi connectivity index (χ0) is 13.1. The van der Waals surface area contributed by atoms with Gasteiger partial charge in [-0.25, -0.2) is 8.42 Å². The fourth-order valence-electron chi connectivity index (χ4n) is 1.44. The van der Waals surface area contributed by atoms with E-state index in [9.17, 15) is 12.6 Å². The standard InChI is InChI=1S/C11H17NO3S2/c1-10(9-16(3)13)12(2)17(14,15)11-7-5-4-6-8-11/h4-8,10H,9H2,1-3H3/t10-,16+/m1/s1. The van der Waals surface area contributed by atoms with Crippen molar-refractivity contribution in [3.8, 4) is 0 Å². The number of sulfonamides is 1. The first-order chi connectivity index (χ1) is 7.85. The van der Waals surface area contributed by atoms with Gasteiger partial charge in [0, 0.05) is 35.9 Å². The molecule has 0 amide bonds. The average molecular weight is 275 g/mol. The molecule has 96 valence electrons. The van der Waals surface area contributed by atoms with Gasteiger partial charge in [-0.05, 0) is 19.1 Å². The molecule has 0 spiro atoms. The fraction of sp³-hybridized carbons (Fsp3) is 0.455. The Morgan fingerprint density at radius 1 is 1.29 bits per heavy atom. The maximum atomic E-state index is 12.2. The van der Waals surface area contributed by atoms with Crippen LogP contribution in [0.15, 0.2) is 35.2 Å². The van der Waals surface area contributed by atoms with Crippen LogP contribution in [0.2, 0.25) is 0 Å². The van der Waals surface area contributed by atoms with Crippen LogP contribution < -0.4 is 0 Å².